The molecular formula is C13H21NO6S. The van der Waals surface area contributed by atoms with Crippen molar-refractivity contribution in [1.29, 1.82) is 0 Å². The molecule has 1 N–H and O–H groups in total. The zero-order valence-corrected chi connectivity index (χ0v) is 12.7. The molecule has 1 unspecified atom stereocenters. The maximum Gasteiger partial charge on any atom is 0.334 e. The van der Waals surface area contributed by atoms with E-state index >= 15 is 0 Å². The first kappa shape index (κ1) is 16.2. The lowest BCUT2D eigenvalue weighted by atomic mass is 10.2. The molecule has 0 spiro atoms. The smallest absolute Gasteiger partial charge is 0.334 e. The SMILES string of the molecule is O=C(O)C1CN(C(=O)CCS(=O)(=O)C2CCCC2)CCO1. The minimum absolute atomic E-state index is 0.0162. The van der Waals surface area contributed by atoms with E-state index in [0.29, 0.717) is 19.4 Å². The molecule has 0 aromatic carbocycles. The number of hydrogen-bond acceptors (Lipinski definition) is 5. The molecule has 0 aromatic heterocycles. The Morgan fingerprint density at radius 1 is 1.24 bits per heavy atom. The van der Waals surface area contributed by atoms with E-state index in [1.165, 1.54) is 4.90 Å². The minimum Gasteiger partial charge on any atom is -0.479 e. The van der Waals surface area contributed by atoms with Crippen molar-refractivity contribution in [3.05, 3.63) is 0 Å². The number of nitrogens with zero attached hydrogens (tertiary/aromatic N) is 1. The quantitative estimate of drug-likeness (QED) is 0.768. The van der Waals surface area contributed by atoms with Gasteiger partial charge in [0.2, 0.25) is 5.91 Å². The number of carbonyl (C=O) groups is 2. The number of sulfone groups is 1. The van der Waals surface area contributed by atoms with Crippen molar-refractivity contribution in [2.24, 2.45) is 0 Å². The van der Waals surface area contributed by atoms with Gasteiger partial charge in [0, 0.05) is 13.0 Å². The highest BCUT2D eigenvalue weighted by molar-refractivity contribution is 7.92. The molecule has 1 amide bonds. The molecule has 1 atom stereocenters. The Hall–Kier alpha value is -1.15. The van der Waals surface area contributed by atoms with Crippen LogP contribution in [0.1, 0.15) is 32.1 Å². The van der Waals surface area contributed by atoms with Gasteiger partial charge in [-0.05, 0) is 12.8 Å². The molecule has 0 radical (unpaired) electrons. The van der Waals surface area contributed by atoms with Gasteiger partial charge in [-0.3, -0.25) is 4.79 Å². The average molecular weight is 319 g/mol. The first-order valence-electron chi connectivity index (χ1n) is 7.24. The Morgan fingerprint density at radius 3 is 2.52 bits per heavy atom. The van der Waals surface area contributed by atoms with Crippen LogP contribution < -0.4 is 0 Å². The first-order valence-corrected chi connectivity index (χ1v) is 8.95. The molecule has 7 nitrogen and oxygen atoms in total. The molecule has 1 aliphatic heterocycles. The maximum atomic E-state index is 12.1. The molecule has 1 saturated carbocycles. The second-order valence-corrected chi connectivity index (χ2v) is 7.96. The molecule has 1 saturated heterocycles. The van der Waals surface area contributed by atoms with E-state index in [9.17, 15) is 18.0 Å². The molecule has 21 heavy (non-hydrogen) atoms. The molecule has 2 aliphatic rings. The lowest BCUT2D eigenvalue weighted by Gasteiger charge is -2.31. The number of aliphatic carboxylic acids is 1. The molecule has 8 heteroatoms. The van der Waals surface area contributed by atoms with E-state index < -0.39 is 21.9 Å². The van der Waals surface area contributed by atoms with Crippen LogP contribution in [0, 0.1) is 0 Å². The summed E-state index contributed by atoms with van der Waals surface area (Å²) in [5, 5.41) is 8.58. The number of hydrogen-bond donors (Lipinski definition) is 1. The van der Waals surface area contributed by atoms with E-state index in [4.69, 9.17) is 9.84 Å². The molecule has 2 fully saturated rings. The molecule has 0 aromatic rings. The van der Waals surface area contributed by atoms with Gasteiger partial charge in [-0.1, -0.05) is 12.8 Å². The Balaban J connectivity index is 1.85. The standard InChI is InChI=1S/C13H21NO6S/c15-12(14-6-7-20-11(9-14)13(16)17)5-8-21(18,19)10-3-1-2-4-10/h10-11H,1-9H2,(H,16,17). The third-order valence-corrected chi connectivity index (χ3v) is 6.37. The second kappa shape index (κ2) is 6.74. The van der Waals surface area contributed by atoms with E-state index in [0.717, 1.165) is 12.8 Å². The summed E-state index contributed by atoms with van der Waals surface area (Å²) in [5.41, 5.74) is 0. The number of carboxylic acids is 1. The van der Waals surface area contributed by atoms with Gasteiger partial charge in [0.1, 0.15) is 0 Å². The number of ether oxygens (including phenoxy) is 1. The summed E-state index contributed by atoms with van der Waals surface area (Å²) < 4.78 is 29.2. The summed E-state index contributed by atoms with van der Waals surface area (Å²) in [6.45, 7) is 0.460. The fraction of sp³-hybridized carbons (Fsp3) is 0.846. The largest absolute Gasteiger partial charge is 0.479 e. The Bertz CT molecular complexity index is 497. The third-order valence-electron chi connectivity index (χ3n) is 4.11. The molecule has 0 bridgehead atoms. The summed E-state index contributed by atoms with van der Waals surface area (Å²) >= 11 is 0. The Kier molecular flexibility index (Phi) is 5.21. The van der Waals surface area contributed by atoms with Gasteiger partial charge in [0.15, 0.2) is 15.9 Å². The van der Waals surface area contributed by atoms with Gasteiger partial charge in [-0.25, -0.2) is 13.2 Å². The van der Waals surface area contributed by atoms with Crippen LogP contribution in [-0.2, 0) is 24.2 Å². The lowest BCUT2D eigenvalue weighted by molar-refractivity contribution is -0.159. The predicted octanol–water partition coefficient (Wildman–Crippen LogP) is 0.0459. The fourth-order valence-electron chi connectivity index (χ4n) is 2.83. The number of carbonyl (C=O) groups excluding carboxylic acids is 1. The first-order chi connectivity index (χ1) is 9.90. The molecule has 1 heterocycles. The van der Waals surface area contributed by atoms with Crippen LogP contribution in [0.4, 0.5) is 0 Å². The summed E-state index contributed by atoms with van der Waals surface area (Å²) in [7, 11) is -3.22. The fourth-order valence-corrected chi connectivity index (χ4v) is 4.67. The second-order valence-electron chi connectivity index (χ2n) is 5.56. The topological polar surface area (TPSA) is 101 Å². The van der Waals surface area contributed by atoms with Gasteiger partial charge < -0.3 is 14.7 Å². The van der Waals surface area contributed by atoms with Crippen LogP contribution in [-0.4, -0.2) is 67.1 Å². The van der Waals surface area contributed by atoms with E-state index in [-0.39, 0.29) is 36.5 Å². The molecular weight excluding hydrogens is 298 g/mol. The number of morpholine rings is 1. The van der Waals surface area contributed by atoms with Gasteiger partial charge >= 0.3 is 5.97 Å². The number of rotatable bonds is 5. The summed E-state index contributed by atoms with van der Waals surface area (Å²) in [5.74, 6) is -1.57. The van der Waals surface area contributed by atoms with Crippen LogP contribution >= 0.6 is 0 Å². The number of amides is 1. The van der Waals surface area contributed by atoms with Crippen LogP contribution in [0.15, 0.2) is 0 Å². The van der Waals surface area contributed by atoms with Crippen molar-refractivity contribution in [1.82, 2.24) is 4.90 Å². The summed E-state index contributed by atoms with van der Waals surface area (Å²) in [6, 6.07) is 0. The van der Waals surface area contributed by atoms with Gasteiger partial charge in [0.25, 0.3) is 0 Å². The number of carboxylic acid groups (broad SMARTS) is 1. The van der Waals surface area contributed by atoms with Crippen molar-refractivity contribution in [2.45, 2.75) is 43.5 Å². The summed E-state index contributed by atoms with van der Waals surface area (Å²) in [6.07, 6.45) is 2.15. The van der Waals surface area contributed by atoms with Crippen LogP contribution in [0.2, 0.25) is 0 Å². The van der Waals surface area contributed by atoms with Crippen molar-refractivity contribution in [2.75, 3.05) is 25.4 Å². The van der Waals surface area contributed by atoms with Crippen LogP contribution in [0.25, 0.3) is 0 Å². The van der Waals surface area contributed by atoms with Gasteiger partial charge in [-0.2, -0.15) is 0 Å². The summed E-state index contributed by atoms with van der Waals surface area (Å²) in [4.78, 5) is 24.3. The zero-order valence-electron chi connectivity index (χ0n) is 11.9. The Morgan fingerprint density at radius 2 is 1.90 bits per heavy atom. The zero-order chi connectivity index (χ0) is 15.5. The van der Waals surface area contributed by atoms with E-state index in [2.05, 4.69) is 0 Å². The van der Waals surface area contributed by atoms with Crippen LogP contribution in [0.5, 0.6) is 0 Å². The highest BCUT2D eigenvalue weighted by Crippen LogP contribution is 2.25. The third kappa shape index (κ3) is 4.16. The van der Waals surface area contributed by atoms with Crippen molar-refractivity contribution < 1.29 is 27.9 Å². The Labute approximate surface area is 124 Å². The predicted molar refractivity (Wildman–Crippen MR) is 74.6 cm³/mol. The molecule has 2 rings (SSSR count). The van der Waals surface area contributed by atoms with Crippen molar-refractivity contribution >= 4 is 21.7 Å². The van der Waals surface area contributed by atoms with Gasteiger partial charge in [0.05, 0.1) is 24.2 Å². The molecule has 120 valence electrons. The average Bonchev–Trinajstić information content (AvgIpc) is 3.00. The van der Waals surface area contributed by atoms with E-state index in [1.54, 1.807) is 0 Å². The minimum atomic E-state index is -3.22. The highest BCUT2D eigenvalue weighted by atomic mass is 32.2. The molecule has 1 aliphatic carbocycles. The van der Waals surface area contributed by atoms with Crippen molar-refractivity contribution in [3.8, 4) is 0 Å². The van der Waals surface area contributed by atoms with Gasteiger partial charge in [-0.15, -0.1) is 0 Å². The normalized spacial score (nSPS) is 24.2. The maximum absolute atomic E-state index is 12.1. The van der Waals surface area contributed by atoms with Crippen LogP contribution in [0.3, 0.4) is 0 Å². The monoisotopic (exact) mass is 319 g/mol. The van der Waals surface area contributed by atoms with E-state index in [1.807, 2.05) is 0 Å². The van der Waals surface area contributed by atoms with Crippen molar-refractivity contribution in [3.63, 3.8) is 0 Å². The highest BCUT2D eigenvalue weighted by Gasteiger charge is 2.32. The lowest BCUT2D eigenvalue weighted by Crippen LogP contribution is -2.48.